The molecule has 0 amide bonds. The van der Waals surface area contributed by atoms with Gasteiger partial charge in [-0.25, -0.2) is 4.98 Å². The van der Waals surface area contributed by atoms with E-state index in [2.05, 4.69) is 42.2 Å². The Kier molecular flexibility index (Phi) is 4.59. The number of hydrogen-bond acceptors (Lipinski definition) is 2. The first-order valence-corrected chi connectivity index (χ1v) is 11.7. The molecule has 0 aliphatic heterocycles. The van der Waals surface area contributed by atoms with E-state index in [-0.39, 0.29) is 0 Å². The summed E-state index contributed by atoms with van der Waals surface area (Å²) in [6.07, 6.45) is -1.02. The molecule has 0 saturated heterocycles. The van der Waals surface area contributed by atoms with Crippen molar-refractivity contribution in [2.75, 3.05) is 0 Å². The molecule has 0 unspecified atom stereocenters. The van der Waals surface area contributed by atoms with Crippen molar-refractivity contribution in [1.29, 1.82) is 5.26 Å². The normalized spacial score (nSPS) is 11.7. The predicted octanol–water partition coefficient (Wildman–Crippen LogP) is 5.12. The summed E-state index contributed by atoms with van der Waals surface area (Å²) in [4.78, 5) is 4.28. The molecule has 0 radical (unpaired) electrons. The van der Waals surface area contributed by atoms with Crippen LogP contribution in [0.1, 0.15) is 16.8 Å². The standard InChI is InChI=1S/C20H16F3N3Si/c1-27(2,3)9-8-18-12-25-19-15(11-24)10-16(13-26(18)19)14-4-6-17(7-5-14)20(21,22)23/h4-7,10,12-13H,1-3H3. The van der Waals surface area contributed by atoms with Gasteiger partial charge in [-0.1, -0.05) is 37.7 Å². The zero-order valence-electron chi connectivity index (χ0n) is 15.0. The monoisotopic (exact) mass is 383 g/mol. The average Bonchev–Trinajstić information content (AvgIpc) is 3.01. The van der Waals surface area contributed by atoms with E-state index in [1.807, 2.05) is 0 Å². The fourth-order valence-corrected chi connectivity index (χ4v) is 3.03. The fourth-order valence-electron chi connectivity index (χ4n) is 2.52. The van der Waals surface area contributed by atoms with Gasteiger partial charge in [-0.15, -0.1) is 5.54 Å². The Morgan fingerprint density at radius 2 is 1.74 bits per heavy atom. The molecule has 0 atom stereocenters. The van der Waals surface area contributed by atoms with Crippen molar-refractivity contribution in [3.8, 4) is 28.7 Å². The minimum Gasteiger partial charge on any atom is -0.291 e. The van der Waals surface area contributed by atoms with Gasteiger partial charge in [0.25, 0.3) is 0 Å². The molecule has 3 rings (SSSR count). The molecule has 2 aromatic heterocycles. The lowest BCUT2D eigenvalue weighted by molar-refractivity contribution is -0.137. The first kappa shape index (κ1) is 18.7. The summed E-state index contributed by atoms with van der Waals surface area (Å²) < 4.78 is 40.0. The van der Waals surface area contributed by atoms with Gasteiger partial charge in [-0.05, 0) is 29.3 Å². The summed E-state index contributed by atoms with van der Waals surface area (Å²) in [5.41, 5.74) is 5.23. The van der Waals surface area contributed by atoms with Crippen LogP contribution >= 0.6 is 0 Å². The number of nitrogens with zero attached hydrogens (tertiary/aromatic N) is 3. The molecule has 0 aliphatic carbocycles. The SMILES string of the molecule is C[Si](C)(C)C#Cc1cnc2c(C#N)cc(-c3ccc(C(F)(F)F)cc3)cn12. The van der Waals surface area contributed by atoms with Gasteiger partial charge in [0, 0.05) is 6.20 Å². The van der Waals surface area contributed by atoms with E-state index in [9.17, 15) is 18.4 Å². The Bertz CT molecular complexity index is 1100. The predicted molar refractivity (Wildman–Crippen MR) is 101 cm³/mol. The Morgan fingerprint density at radius 3 is 2.30 bits per heavy atom. The van der Waals surface area contributed by atoms with E-state index >= 15 is 0 Å². The van der Waals surface area contributed by atoms with E-state index < -0.39 is 19.8 Å². The Balaban J connectivity index is 2.14. The number of pyridine rings is 1. The summed E-state index contributed by atoms with van der Waals surface area (Å²) in [7, 11) is -1.60. The van der Waals surface area contributed by atoms with E-state index in [1.165, 1.54) is 12.1 Å². The molecule has 7 heteroatoms. The van der Waals surface area contributed by atoms with Crippen molar-refractivity contribution in [3.05, 3.63) is 59.5 Å². The highest BCUT2D eigenvalue weighted by Crippen LogP contribution is 2.31. The molecule has 136 valence electrons. The van der Waals surface area contributed by atoms with Crippen molar-refractivity contribution in [3.63, 3.8) is 0 Å². The molecule has 3 nitrogen and oxygen atoms in total. The second-order valence-electron chi connectivity index (χ2n) is 7.17. The van der Waals surface area contributed by atoms with Crippen LogP contribution in [0.2, 0.25) is 19.6 Å². The van der Waals surface area contributed by atoms with Crippen molar-refractivity contribution in [1.82, 2.24) is 9.38 Å². The van der Waals surface area contributed by atoms with Gasteiger partial charge in [0.15, 0.2) is 5.65 Å². The van der Waals surface area contributed by atoms with Gasteiger partial charge >= 0.3 is 6.18 Å². The molecule has 1 aromatic carbocycles. The zero-order chi connectivity index (χ0) is 19.8. The van der Waals surface area contributed by atoms with Crippen LogP contribution in [-0.4, -0.2) is 17.5 Å². The maximum absolute atomic E-state index is 12.8. The number of aromatic nitrogens is 2. The number of rotatable bonds is 1. The van der Waals surface area contributed by atoms with Crippen molar-refractivity contribution in [2.45, 2.75) is 25.8 Å². The highest BCUT2D eigenvalue weighted by Gasteiger charge is 2.30. The molecule has 0 aliphatic rings. The van der Waals surface area contributed by atoms with Gasteiger partial charge in [0.1, 0.15) is 19.8 Å². The van der Waals surface area contributed by atoms with E-state index in [1.54, 1.807) is 22.9 Å². The van der Waals surface area contributed by atoms with Crippen molar-refractivity contribution < 1.29 is 13.2 Å². The molecule has 3 aromatic rings. The van der Waals surface area contributed by atoms with E-state index in [0.29, 0.717) is 28.0 Å². The average molecular weight is 383 g/mol. The van der Waals surface area contributed by atoms with Crippen LogP contribution in [0.4, 0.5) is 13.2 Å². The largest absolute Gasteiger partial charge is 0.416 e. The molecular weight excluding hydrogens is 367 g/mol. The molecule has 0 saturated carbocycles. The van der Waals surface area contributed by atoms with Crippen LogP contribution in [-0.2, 0) is 6.18 Å². The summed E-state index contributed by atoms with van der Waals surface area (Å²) in [5, 5.41) is 9.44. The maximum atomic E-state index is 12.8. The number of alkyl halides is 3. The number of halogens is 3. The van der Waals surface area contributed by atoms with Crippen LogP contribution in [0.15, 0.2) is 42.7 Å². The van der Waals surface area contributed by atoms with Crippen LogP contribution < -0.4 is 0 Å². The minimum absolute atomic E-state index is 0.341. The minimum atomic E-state index is -4.38. The Morgan fingerprint density at radius 1 is 1.07 bits per heavy atom. The summed E-state index contributed by atoms with van der Waals surface area (Å²) in [6.45, 7) is 6.37. The molecular formula is C20H16F3N3Si. The third-order valence-corrected chi connectivity index (χ3v) is 4.71. The maximum Gasteiger partial charge on any atom is 0.416 e. The number of imidazole rings is 1. The molecule has 0 spiro atoms. The molecule has 0 bridgehead atoms. The molecule has 2 heterocycles. The Hall–Kier alpha value is -3.03. The second-order valence-corrected chi connectivity index (χ2v) is 11.9. The number of hydrogen-bond donors (Lipinski definition) is 0. The summed E-state index contributed by atoms with van der Waals surface area (Å²) in [5.74, 6) is 3.12. The van der Waals surface area contributed by atoms with Crippen LogP contribution in [0.3, 0.4) is 0 Å². The first-order valence-electron chi connectivity index (χ1n) is 8.20. The van der Waals surface area contributed by atoms with Gasteiger partial charge in [0.05, 0.1) is 17.3 Å². The lowest BCUT2D eigenvalue weighted by Crippen LogP contribution is -2.16. The number of fused-ring (bicyclic) bond motifs is 1. The summed E-state index contributed by atoms with van der Waals surface area (Å²) in [6, 6.07) is 8.59. The Labute approximate surface area is 156 Å². The lowest BCUT2D eigenvalue weighted by Gasteiger charge is -2.09. The second kappa shape index (κ2) is 6.60. The van der Waals surface area contributed by atoms with Crippen LogP contribution in [0.5, 0.6) is 0 Å². The topological polar surface area (TPSA) is 41.1 Å². The smallest absolute Gasteiger partial charge is 0.291 e. The number of benzene rings is 1. The first-order chi connectivity index (χ1) is 12.6. The van der Waals surface area contributed by atoms with E-state index in [4.69, 9.17) is 0 Å². The van der Waals surface area contributed by atoms with Gasteiger partial charge in [-0.3, -0.25) is 4.40 Å². The highest BCUT2D eigenvalue weighted by atomic mass is 28.3. The van der Waals surface area contributed by atoms with Gasteiger partial charge in [0.2, 0.25) is 0 Å². The van der Waals surface area contributed by atoms with Crippen LogP contribution in [0.25, 0.3) is 16.8 Å². The fraction of sp³-hybridized carbons (Fsp3) is 0.200. The van der Waals surface area contributed by atoms with E-state index in [0.717, 1.165) is 12.1 Å². The molecule has 0 N–H and O–H groups in total. The van der Waals surface area contributed by atoms with Crippen LogP contribution in [0, 0.1) is 22.8 Å². The third kappa shape index (κ3) is 4.04. The quantitative estimate of drug-likeness (QED) is 0.432. The van der Waals surface area contributed by atoms with Crippen molar-refractivity contribution >= 4 is 13.7 Å². The number of nitriles is 1. The van der Waals surface area contributed by atoms with Gasteiger partial charge < -0.3 is 0 Å². The lowest BCUT2D eigenvalue weighted by atomic mass is 10.0. The molecule has 0 fully saturated rings. The zero-order valence-corrected chi connectivity index (χ0v) is 16.0. The van der Waals surface area contributed by atoms with Crippen molar-refractivity contribution in [2.24, 2.45) is 0 Å². The third-order valence-electron chi connectivity index (χ3n) is 3.84. The van der Waals surface area contributed by atoms with Gasteiger partial charge in [-0.2, -0.15) is 18.4 Å². The summed E-state index contributed by atoms with van der Waals surface area (Å²) >= 11 is 0. The highest BCUT2D eigenvalue weighted by molar-refractivity contribution is 6.83. The molecule has 27 heavy (non-hydrogen) atoms.